The normalized spacial score (nSPS) is 11.0. The van der Waals surface area contributed by atoms with Gasteiger partial charge in [-0.1, -0.05) is 35.9 Å². The SMILES string of the molecule is Cc1cc(C)cc(NC(=O)c2cnc3c(c(C)nn3-c3ccccc3)c2Cl)c1. The summed E-state index contributed by atoms with van der Waals surface area (Å²) in [5.41, 5.74) is 5.44. The van der Waals surface area contributed by atoms with Crippen molar-refractivity contribution in [1.29, 1.82) is 0 Å². The number of fused-ring (bicyclic) bond motifs is 1. The maximum atomic E-state index is 12.8. The molecule has 0 unspecified atom stereocenters. The molecule has 0 aliphatic rings. The van der Waals surface area contributed by atoms with Crippen LogP contribution in [0.4, 0.5) is 5.69 Å². The summed E-state index contributed by atoms with van der Waals surface area (Å²) in [6.45, 7) is 5.84. The molecule has 0 radical (unpaired) electrons. The molecule has 0 aliphatic heterocycles. The average Bonchev–Trinajstić information content (AvgIpc) is 2.99. The molecule has 4 aromatic rings. The van der Waals surface area contributed by atoms with Crippen LogP contribution in [-0.4, -0.2) is 20.7 Å². The summed E-state index contributed by atoms with van der Waals surface area (Å²) in [6.07, 6.45) is 1.50. The van der Waals surface area contributed by atoms with Crippen LogP contribution in [0.2, 0.25) is 5.02 Å². The smallest absolute Gasteiger partial charge is 0.258 e. The Bertz CT molecular complexity index is 1180. The predicted molar refractivity (Wildman–Crippen MR) is 112 cm³/mol. The number of anilines is 1. The number of hydrogen-bond acceptors (Lipinski definition) is 3. The van der Waals surface area contributed by atoms with Crippen molar-refractivity contribution in [3.05, 3.63) is 82.1 Å². The molecule has 2 aromatic carbocycles. The van der Waals surface area contributed by atoms with Crippen LogP contribution in [-0.2, 0) is 0 Å². The summed E-state index contributed by atoms with van der Waals surface area (Å²) in [7, 11) is 0. The highest BCUT2D eigenvalue weighted by Gasteiger charge is 2.20. The maximum Gasteiger partial charge on any atom is 0.258 e. The molecule has 0 fully saturated rings. The van der Waals surface area contributed by atoms with Crippen molar-refractivity contribution >= 4 is 34.2 Å². The van der Waals surface area contributed by atoms with Gasteiger partial charge in [0.05, 0.1) is 27.4 Å². The number of pyridine rings is 1. The van der Waals surface area contributed by atoms with Crippen molar-refractivity contribution in [2.75, 3.05) is 5.32 Å². The van der Waals surface area contributed by atoms with Crippen molar-refractivity contribution in [3.63, 3.8) is 0 Å². The third-order valence-corrected chi connectivity index (χ3v) is 4.93. The van der Waals surface area contributed by atoms with Gasteiger partial charge < -0.3 is 5.32 Å². The van der Waals surface area contributed by atoms with Crippen LogP contribution < -0.4 is 5.32 Å². The lowest BCUT2D eigenvalue weighted by molar-refractivity contribution is 0.102. The minimum Gasteiger partial charge on any atom is -0.322 e. The van der Waals surface area contributed by atoms with Gasteiger partial charge in [-0.15, -0.1) is 0 Å². The van der Waals surface area contributed by atoms with Crippen molar-refractivity contribution in [2.45, 2.75) is 20.8 Å². The topological polar surface area (TPSA) is 59.8 Å². The molecule has 1 amide bonds. The highest BCUT2D eigenvalue weighted by molar-refractivity contribution is 6.39. The standard InChI is InChI=1S/C22H19ClN4O/c1-13-9-14(2)11-16(10-13)25-22(28)18-12-24-21-19(20(18)23)15(3)26-27(21)17-7-5-4-6-8-17/h4-12H,1-3H3,(H,25,28). The van der Waals surface area contributed by atoms with Crippen LogP contribution >= 0.6 is 11.6 Å². The number of nitrogens with one attached hydrogen (secondary N) is 1. The fourth-order valence-corrected chi connectivity index (χ4v) is 3.72. The molecule has 0 spiro atoms. The van der Waals surface area contributed by atoms with Crippen LogP contribution in [0.15, 0.2) is 54.7 Å². The number of halogens is 1. The van der Waals surface area contributed by atoms with Gasteiger partial charge in [0.15, 0.2) is 5.65 Å². The Balaban J connectivity index is 1.76. The van der Waals surface area contributed by atoms with Gasteiger partial charge in [0.2, 0.25) is 0 Å². The molecule has 0 atom stereocenters. The number of hydrogen-bond donors (Lipinski definition) is 1. The van der Waals surface area contributed by atoms with Crippen LogP contribution in [0.3, 0.4) is 0 Å². The number of nitrogens with zero attached hydrogens (tertiary/aromatic N) is 3. The molecular formula is C22H19ClN4O. The van der Waals surface area contributed by atoms with E-state index in [-0.39, 0.29) is 5.91 Å². The highest BCUT2D eigenvalue weighted by atomic mass is 35.5. The van der Waals surface area contributed by atoms with Gasteiger partial charge in [0.1, 0.15) is 0 Å². The van der Waals surface area contributed by atoms with E-state index in [2.05, 4.69) is 21.5 Å². The Hall–Kier alpha value is -3.18. The summed E-state index contributed by atoms with van der Waals surface area (Å²) in [5, 5.41) is 8.51. The van der Waals surface area contributed by atoms with Gasteiger partial charge in [-0.3, -0.25) is 4.79 Å². The number of rotatable bonds is 3. The molecular weight excluding hydrogens is 372 g/mol. The number of amides is 1. The lowest BCUT2D eigenvalue weighted by Gasteiger charge is -2.09. The first-order valence-corrected chi connectivity index (χ1v) is 9.31. The van der Waals surface area contributed by atoms with Crippen LogP contribution in [0.5, 0.6) is 0 Å². The summed E-state index contributed by atoms with van der Waals surface area (Å²) in [5.74, 6) is -0.295. The van der Waals surface area contributed by atoms with Crippen molar-refractivity contribution < 1.29 is 4.79 Å². The summed E-state index contributed by atoms with van der Waals surface area (Å²) < 4.78 is 1.74. The largest absolute Gasteiger partial charge is 0.322 e. The van der Waals surface area contributed by atoms with E-state index < -0.39 is 0 Å². The minimum absolute atomic E-state index is 0.295. The average molecular weight is 391 g/mol. The second kappa shape index (κ2) is 7.09. The van der Waals surface area contributed by atoms with Gasteiger partial charge in [-0.2, -0.15) is 5.10 Å². The number of carbonyl (C=O) groups excluding carboxylic acids is 1. The quantitative estimate of drug-likeness (QED) is 0.519. The van der Waals surface area contributed by atoms with E-state index in [0.29, 0.717) is 21.6 Å². The molecule has 0 aliphatic carbocycles. The molecule has 0 saturated carbocycles. The Morgan fingerprint density at radius 1 is 1.04 bits per heavy atom. The van der Waals surface area contributed by atoms with Crippen molar-refractivity contribution in [2.24, 2.45) is 0 Å². The minimum atomic E-state index is -0.295. The first-order chi connectivity index (χ1) is 13.4. The number of carbonyl (C=O) groups is 1. The van der Waals surface area contributed by atoms with E-state index in [1.54, 1.807) is 4.68 Å². The van der Waals surface area contributed by atoms with Gasteiger partial charge in [0.25, 0.3) is 5.91 Å². The molecule has 2 heterocycles. The molecule has 0 bridgehead atoms. The second-order valence-corrected chi connectivity index (χ2v) is 7.23. The number of benzene rings is 2. The predicted octanol–water partition coefficient (Wildman–Crippen LogP) is 5.25. The molecule has 5 nitrogen and oxygen atoms in total. The molecule has 4 rings (SSSR count). The van der Waals surface area contributed by atoms with Crippen LogP contribution in [0.1, 0.15) is 27.2 Å². The van der Waals surface area contributed by atoms with Crippen LogP contribution in [0.25, 0.3) is 16.7 Å². The molecule has 6 heteroatoms. The van der Waals surface area contributed by atoms with E-state index in [1.807, 2.05) is 63.2 Å². The van der Waals surface area contributed by atoms with Crippen LogP contribution in [0, 0.1) is 20.8 Å². The number of aryl methyl sites for hydroxylation is 3. The van der Waals surface area contributed by atoms with E-state index >= 15 is 0 Å². The Labute approximate surface area is 168 Å². The van der Waals surface area contributed by atoms with Gasteiger partial charge in [-0.05, 0) is 56.2 Å². The molecule has 140 valence electrons. The van der Waals surface area contributed by atoms with E-state index in [9.17, 15) is 4.79 Å². The number of para-hydroxylation sites is 1. The lowest BCUT2D eigenvalue weighted by Crippen LogP contribution is -2.13. The maximum absolute atomic E-state index is 12.8. The fraction of sp³-hybridized carbons (Fsp3) is 0.136. The summed E-state index contributed by atoms with van der Waals surface area (Å²) in [4.78, 5) is 17.3. The monoisotopic (exact) mass is 390 g/mol. The van der Waals surface area contributed by atoms with Gasteiger partial charge in [0, 0.05) is 11.9 Å². The first kappa shape index (κ1) is 18.2. The Morgan fingerprint density at radius 3 is 2.39 bits per heavy atom. The van der Waals surface area contributed by atoms with Gasteiger partial charge >= 0.3 is 0 Å². The molecule has 2 aromatic heterocycles. The zero-order chi connectivity index (χ0) is 19.8. The van der Waals surface area contributed by atoms with Crippen molar-refractivity contribution in [1.82, 2.24) is 14.8 Å². The highest BCUT2D eigenvalue weighted by Crippen LogP contribution is 2.30. The van der Waals surface area contributed by atoms with E-state index in [1.165, 1.54) is 6.20 Å². The fourth-order valence-electron chi connectivity index (χ4n) is 3.36. The molecule has 0 saturated heterocycles. The Morgan fingerprint density at radius 2 is 1.71 bits per heavy atom. The summed E-state index contributed by atoms with van der Waals surface area (Å²) >= 11 is 6.62. The zero-order valence-corrected chi connectivity index (χ0v) is 16.6. The van der Waals surface area contributed by atoms with Crippen molar-refractivity contribution in [3.8, 4) is 5.69 Å². The third kappa shape index (κ3) is 3.25. The lowest BCUT2D eigenvalue weighted by atomic mass is 10.1. The molecule has 1 N–H and O–H groups in total. The first-order valence-electron chi connectivity index (χ1n) is 8.93. The summed E-state index contributed by atoms with van der Waals surface area (Å²) in [6, 6.07) is 15.6. The third-order valence-electron chi connectivity index (χ3n) is 4.53. The molecule has 28 heavy (non-hydrogen) atoms. The van der Waals surface area contributed by atoms with E-state index in [0.717, 1.165) is 28.2 Å². The number of aromatic nitrogens is 3. The van der Waals surface area contributed by atoms with Gasteiger partial charge in [-0.25, -0.2) is 9.67 Å². The van der Waals surface area contributed by atoms with E-state index in [4.69, 9.17) is 11.6 Å². The second-order valence-electron chi connectivity index (χ2n) is 6.85. The Kier molecular flexibility index (Phi) is 4.61. The zero-order valence-electron chi connectivity index (χ0n) is 15.8.